The van der Waals surface area contributed by atoms with Gasteiger partial charge in [0, 0.05) is 45.4 Å². The molecule has 0 spiro atoms. The quantitative estimate of drug-likeness (QED) is 0.742. The van der Waals surface area contributed by atoms with Gasteiger partial charge >= 0.3 is 0 Å². The monoisotopic (exact) mass is 358 g/mol. The molecule has 1 aromatic rings. The molecule has 0 aliphatic carbocycles. The second-order valence-electron chi connectivity index (χ2n) is 6.39. The number of hydrogen-bond donors (Lipinski definition) is 0. The summed E-state index contributed by atoms with van der Waals surface area (Å²) in [6.45, 7) is 2.97. The van der Waals surface area contributed by atoms with Crippen molar-refractivity contribution in [2.45, 2.75) is 38.5 Å². The third-order valence-corrected chi connectivity index (χ3v) is 6.66. The first-order valence-corrected chi connectivity index (χ1v) is 9.71. The molecular formula is C15H26N4O4S. The van der Waals surface area contributed by atoms with Crippen LogP contribution in [0.2, 0.25) is 0 Å². The number of ether oxygens (including phenoxy) is 2. The highest BCUT2D eigenvalue weighted by atomic mass is 32.2. The summed E-state index contributed by atoms with van der Waals surface area (Å²) >= 11 is 0. The fourth-order valence-electron chi connectivity index (χ4n) is 3.46. The van der Waals surface area contributed by atoms with Crippen molar-refractivity contribution in [2.24, 2.45) is 0 Å². The molecule has 1 fully saturated rings. The van der Waals surface area contributed by atoms with Crippen LogP contribution in [0, 0.1) is 0 Å². The minimum absolute atomic E-state index is 0.211. The zero-order valence-electron chi connectivity index (χ0n) is 14.6. The van der Waals surface area contributed by atoms with Crippen molar-refractivity contribution in [1.82, 2.24) is 18.4 Å². The van der Waals surface area contributed by atoms with Gasteiger partial charge in [0.15, 0.2) is 0 Å². The van der Waals surface area contributed by atoms with Crippen LogP contribution in [-0.2, 0) is 39.3 Å². The fraction of sp³-hybridized carbons (Fsp3) is 0.800. The van der Waals surface area contributed by atoms with Gasteiger partial charge in [0.1, 0.15) is 0 Å². The maximum atomic E-state index is 12.6. The summed E-state index contributed by atoms with van der Waals surface area (Å²) in [7, 11) is 1.35. The zero-order chi connectivity index (χ0) is 17.3. The van der Waals surface area contributed by atoms with Crippen LogP contribution in [0.5, 0.6) is 0 Å². The molecule has 8 nitrogen and oxygen atoms in total. The molecule has 1 aromatic heterocycles. The molecule has 0 bridgehead atoms. The molecule has 0 N–H and O–H groups in total. The molecule has 1 atom stereocenters. The number of methoxy groups -OCH3 is 1. The van der Waals surface area contributed by atoms with Crippen molar-refractivity contribution < 1.29 is 17.9 Å². The Labute approximate surface area is 143 Å². The van der Waals surface area contributed by atoms with Gasteiger partial charge in [-0.05, 0) is 12.8 Å². The topological polar surface area (TPSA) is 76.9 Å². The van der Waals surface area contributed by atoms with Gasteiger partial charge in [-0.3, -0.25) is 4.68 Å². The average molecular weight is 358 g/mol. The van der Waals surface area contributed by atoms with Gasteiger partial charge < -0.3 is 9.47 Å². The Morgan fingerprint density at radius 2 is 2.21 bits per heavy atom. The summed E-state index contributed by atoms with van der Waals surface area (Å²) < 4.78 is 40.9. The Hall–Kier alpha value is -1.00. The fourth-order valence-corrected chi connectivity index (χ4v) is 4.77. The second-order valence-corrected chi connectivity index (χ2v) is 8.48. The molecule has 3 heterocycles. The third-order valence-electron chi connectivity index (χ3n) is 4.71. The third kappa shape index (κ3) is 3.11. The predicted octanol–water partition coefficient (Wildman–Crippen LogP) is 0.546. The van der Waals surface area contributed by atoms with Crippen LogP contribution in [0.15, 0.2) is 0 Å². The normalized spacial score (nSPS) is 22.2. The minimum atomic E-state index is -3.46. The number of hydrogen-bond acceptors (Lipinski definition) is 5. The molecule has 1 unspecified atom stereocenters. The van der Waals surface area contributed by atoms with E-state index in [0.717, 1.165) is 36.2 Å². The molecule has 0 amide bonds. The van der Waals surface area contributed by atoms with E-state index >= 15 is 0 Å². The van der Waals surface area contributed by atoms with E-state index in [1.807, 2.05) is 4.68 Å². The van der Waals surface area contributed by atoms with E-state index in [1.165, 1.54) is 4.31 Å². The highest BCUT2D eigenvalue weighted by Gasteiger charge is 2.40. The first-order chi connectivity index (χ1) is 11.5. The molecule has 2 aliphatic rings. The molecule has 0 radical (unpaired) electrons. The molecule has 2 aliphatic heterocycles. The lowest BCUT2D eigenvalue weighted by Gasteiger charge is -2.27. The summed E-state index contributed by atoms with van der Waals surface area (Å²) in [5.74, 6) is 0. The minimum Gasteiger partial charge on any atom is -0.383 e. The number of rotatable bonds is 6. The molecule has 0 aromatic carbocycles. The summed E-state index contributed by atoms with van der Waals surface area (Å²) in [5.41, 5.74) is 3.06. The van der Waals surface area contributed by atoms with Crippen LogP contribution in [-0.4, -0.2) is 67.8 Å². The Morgan fingerprint density at radius 3 is 2.92 bits per heavy atom. The molecule has 0 saturated carbocycles. The smallest absolute Gasteiger partial charge is 0.282 e. The van der Waals surface area contributed by atoms with Crippen LogP contribution in [0.4, 0.5) is 0 Å². The van der Waals surface area contributed by atoms with E-state index in [0.29, 0.717) is 32.9 Å². The summed E-state index contributed by atoms with van der Waals surface area (Å²) in [6.07, 6.45) is 2.44. The molecule has 24 heavy (non-hydrogen) atoms. The standard InChI is InChI=1S/C15H26N4O4S/c1-17(2)24(20,21)19-7-4-5-14(19)15-12-11-23-9-6-13(12)18(16-15)8-10-22-3/h14H,4-11H2,1-3H3. The van der Waals surface area contributed by atoms with E-state index in [2.05, 4.69) is 0 Å². The second kappa shape index (κ2) is 7.09. The van der Waals surface area contributed by atoms with Crippen LogP contribution >= 0.6 is 0 Å². The molecular weight excluding hydrogens is 332 g/mol. The van der Waals surface area contributed by atoms with Crippen molar-refractivity contribution in [1.29, 1.82) is 0 Å². The first-order valence-electron chi connectivity index (χ1n) is 8.31. The van der Waals surface area contributed by atoms with E-state index in [9.17, 15) is 8.42 Å². The molecule has 3 rings (SSSR count). The van der Waals surface area contributed by atoms with Gasteiger partial charge in [-0.2, -0.15) is 22.1 Å². The molecule has 1 saturated heterocycles. The van der Waals surface area contributed by atoms with Crippen molar-refractivity contribution in [2.75, 3.05) is 41.0 Å². The van der Waals surface area contributed by atoms with E-state index in [1.54, 1.807) is 25.5 Å². The number of fused-ring (bicyclic) bond motifs is 1. The maximum Gasteiger partial charge on any atom is 0.282 e. The van der Waals surface area contributed by atoms with Gasteiger partial charge in [-0.25, -0.2) is 0 Å². The van der Waals surface area contributed by atoms with Gasteiger partial charge in [-0.15, -0.1) is 0 Å². The Balaban J connectivity index is 1.97. The van der Waals surface area contributed by atoms with Gasteiger partial charge in [0.2, 0.25) is 0 Å². The van der Waals surface area contributed by atoms with Crippen molar-refractivity contribution >= 4 is 10.2 Å². The van der Waals surface area contributed by atoms with E-state index in [4.69, 9.17) is 14.6 Å². The zero-order valence-corrected chi connectivity index (χ0v) is 15.4. The SMILES string of the molecule is COCCn1nc(C2CCCN2S(=O)(=O)N(C)C)c2c1CCOC2. The van der Waals surface area contributed by atoms with E-state index < -0.39 is 10.2 Å². The lowest BCUT2D eigenvalue weighted by atomic mass is 10.0. The lowest BCUT2D eigenvalue weighted by Crippen LogP contribution is -2.39. The maximum absolute atomic E-state index is 12.6. The molecule has 9 heteroatoms. The Morgan fingerprint density at radius 1 is 1.42 bits per heavy atom. The highest BCUT2D eigenvalue weighted by molar-refractivity contribution is 7.86. The lowest BCUT2D eigenvalue weighted by molar-refractivity contribution is 0.106. The summed E-state index contributed by atoms with van der Waals surface area (Å²) in [4.78, 5) is 0. The average Bonchev–Trinajstić information content (AvgIpc) is 3.17. The molecule has 136 valence electrons. The van der Waals surface area contributed by atoms with Crippen LogP contribution in [0.3, 0.4) is 0 Å². The summed E-state index contributed by atoms with van der Waals surface area (Å²) in [5, 5.41) is 4.77. The van der Waals surface area contributed by atoms with Crippen molar-refractivity contribution in [3.63, 3.8) is 0 Å². The van der Waals surface area contributed by atoms with Gasteiger partial charge in [0.25, 0.3) is 10.2 Å². The predicted molar refractivity (Wildman–Crippen MR) is 88.8 cm³/mol. The summed E-state index contributed by atoms with van der Waals surface area (Å²) in [6, 6.07) is -0.211. The number of nitrogens with zero attached hydrogens (tertiary/aromatic N) is 4. The van der Waals surface area contributed by atoms with Crippen molar-refractivity contribution in [3.05, 3.63) is 17.0 Å². The Kier molecular flexibility index (Phi) is 5.26. The van der Waals surface area contributed by atoms with Gasteiger partial charge in [-0.1, -0.05) is 0 Å². The van der Waals surface area contributed by atoms with E-state index in [-0.39, 0.29) is 6.04 Å². The van der Waals surface area contributed by atoms with Crippen LogP contribution < -0.4 is 0 Å². The van der Waals surface area contributed by atoms with Crippen LogP contribution in [0.1, 0.15) is 35.8 Å². The Bertz CT molecular complexity index is 686. The largest absolute Gasteiger partial charge is 0.383 e. The van der Waals surface area contributed by atoms with Crippen molar-refractivity contribution in [3.8, 4) is 0 Å². The van der Waals surface area contributed by atoms with Gasteiger partial charge in [0.05, 0.1) is 38.1 Å². The number of aromatic nitrogens is 2. The first kappa shape index (κ1) is 17.8. The highest BCUT2D eigenvalue weighted by Crippen LogP contribution is 2.37. The van der Waals surface area contributed by atoms with Crippen LogP contribution in [0.25, 0.3) is 0 Å².